The molecule has 0 amide bonds. The first-order chi connectivity index (χ1) is 22.8. The number of benzene rings is 2. The Hall–Kier alpha value is -3.46. The number of aromatic nitrogens is 1. The van der Waals surface area contributed by atoms with Gasteiger partial charge in [-0.25, -0.2) is 4.98 Å². The maximum absolute atomic E-state index is 11.6. The van der Waals surface area contributed by atoms with E-state index < -0.39 is 5.97 Å². The van der Waals surface area contributed by atoms with Crippen molar-refractivity contribution in [1.82, 2.24) is 14.8 Å². The van der Waals surface area contributed by atoms with E-state index in [4.69, 9.17) is 18.9 Å². The molecule has 1 N–H and O–H groups in total. The van der Waals surface area contributed by atoms with Crippen LogP contribution >= 0.6 is 0 Å². The summed E-state index contributed by atoms with van der Waals surface area (Å²) < 4.78 is 18.3. The van der Waals surface area contributed by atoms with Crippen molar-refractivity contribution in [2.75, 3.05) is 46.5 Å². The maximum atomic E-state index is 11.6. The Balaban J connectivity index is 1.22. The minimum absolute atomic E-state index is 0.0293. The molecule has 2 aliphatic heterocycles. The van der Waals surface area contributed by atoms with Gasteiger partial charge in [-0.05, 0) is 79.7 Å². The van der Waals surface area contributed by atoms with Crippen LogP contribution in [0.4, 0.5) is 0 Å². The highest BCUT2D eigenvalue weighted by molar-refractivity contribution is 5.78. The maximum Gasteiger partial charge on any atom is 0.304 e. The molecule has 2 aliphatic carbocycles. The number of nitrogens with zero attached hydrogens (tertiary/aromatic N) is 3. The highest BCUT2D eigenvalue weighted by Gasteiger charge is 2.50. The van der Waals surface area contributed by atoms with Crippen molar-refractivity contribution in [3.05, 3.63) is 77.2 Å². The zero-order valence-corrected chi connectivity index (χ0v) is 28.1. The number of hydrogen-bond acceptors (Lipinski definition) is 7. The minimum Gasteiger partial charge on any atom is -0.496 e. The first kappa shape index (κ1) is 32.1. The van der Waals surface area contributed by atoms with E-state index in [1.54, 1.807) is 7.11 Å². The van der Waals surface area contributed by atoms with Gasteiger partial charge in [-0.15, -0.1) is 0 Å². The molecular weight excluding hydrogens is 590 g/mol. The molecule has 8 nitrogen and oxygen atoms in total. The van der Waals surface area contributed by atoms with Gasteiger partial charge in [0, 0.05) is 43.9 Å². The predicted molar refractivity (Wildman–Crippen MR) is 183 cm³/mol. The normalized spacial score (nSPS) is 28.4. The van der Waals surface area contributed by atoms with Gasteiger partial charge in [-0.3, -0.25) is 14.6 Å². The zero-order valence-electron chi connectivity index (χ0n) is 28.1. The third kappa shape index (κ3) is 6.65. The van der Waals surface area contributed by atoms with Gasteiger partial charge in [0.2, 0.25) is 5.89 Å². The van der Waals surface area contributed by atoms with E-state index in [9.17, 15) is 9.90 Å². The van der Waals surface area contributed by atoms with Crippen LogP contribution in [0.5, 0.6) is 5.75 Å². The van der Waals surface area contributed by atoms with E-state index in [0.717, 1.165) is 93.4 Å². The van der Waals surface area contributed by atoms with Crippen LogP contribution in [-0.2, 0) is 21.5 Å². The number of aryl methyl sites for hydroxylation is 1. The number of carboxylic acid groups (broad SMARTS) is 1. The van der Waals surface area contributed by atoms with Crippen LogP contribution in [0.1, 0.15) is 68.0 Å². The number of piperidine rings is 1. The Morgan fingerprint density at radius 2 is 1.96 bits per heavy atom. The summed E-state index contributed by atoms with van der Waals surface area (Å²) in [5.74, 6) is 2.23. The largest absolute Gasteiger partial charge is 0.496 e. The molecule has 0 bridgehead atoms. The summed E-state index contributed by atoms with van der Waals surface area (Å²) in [5.41, 5.74) is 6.08. The molecule has 5 unspecified atom stereocenters. The third-order valence-corrected chi connectivity index (χ3v) is 11.4. The quantitative estimate of drug-likeness (QED) is 0.244. The summed E-state index contributed by atoms with van der Waals surface area (Å²) in [4.78, 5) is 21.8. The van der Waals surface area contributed by atoms with Crippen molar-refractivity contribution >= 4 is 22.6 Å². The number of carbonyl (C=O) groups is 1. The summed E-state index contributed by atoms with van der Waals surface area (Å²) in [6.07, 6.45) is 12.3. The standard InChI is InChI=1S/C39H49N3O5/c1-26-9-4-5-11-32(26)33-12-8-13-39(27(33)2,23-28-19-29(28)24-41-15-17-46-18-16-41)38-40-34-20-30(35(45-3)22-36(34)47-38)25-42-14-7-6-10-31(42)21-37(43)44/h4-5,8-9,11-13,20,22,27-29,31H,6-7,10,14-19,21,23-25H2,1-3H3,(H,43,44). The summed E-state index contributed by atoms with van der Waals surface area (Å²) in [7, 11) is 1.70. The number of likely N-dealkylation sites (tertiary alicyclic amines) is 1. The average molecular weight is 640 g/mol. The lowest BCUT2D eigenvalue weighted by atomic mass is 9.65. The molecule has 47 heavy (non-hydrogen) atoms. The number of allylic oxidation sites excluding steroid dienone is 4. The SMILES string of the molecule is COc1cc2oc(C3(CC4CC4CN4CCOCC4)C=CC=C(c4ccccc4C)C3C)nc2cc1CN1CCCCC1CC(=O)O. The first-order valence-corrected chi connectivity index (χ1v) is 17.5. The van der Waals surface area contributed by atoms with Gasteiger partial charge >= 0.3 is 5.97 Å². The number of aliphatic carboxylic acids is 1. The summed E-state index contributed by atoms with van der Waals surface area (Å²) in [5, 5.41) is 9.55. The second-order valence-corrected chi connectivity index (χ2v) is 14.3. The predicted octanol–water partition coefficient (Wildman–Crippen LogP) is 6.86. The third-order valence-electron chi connectivity index (χ3n) is 11.4. The van der Waals surface area contributed by atoms with Crippen molar-refractivity contribution in [2.45, 2.75) is 70.4 Å². The fourth-order valence-corrected chi connectivity index (χ4v) is 8.46. The number of hydrogen-bond donors (Lipinski definition) is 1. The summed E-state index contributed by atoms with van der Waals surface area (Å²) in [6.45, 7) is 10.9. The van der Waals surface area contributed by atoms with Crippen molar-refractivity contribution in [2.24, 2.45) is 17.8 Å². The molecule has 0 radical (unpaired) electrons. The molecule has 2 aromatic carbocycles. The smallest absolute Gasteiger partial charge is 0.304 e. The zero-order chi connectivity index (χ0) is 32.5. The van der Waals surface area contributed by atoms with E-state index in [0.29, 0.717) is 18.4 Å². The molecule has 250 valence electrons. The molecule has 7 rings (SSSR count). The number of ether oxygens (including phenoxy) is 2. The molecule has 2 saturated heterocycles. The lowest BCUT2D eigenvalue weighted by molar-refractivity contribution is -0.138. The molecule has 3 fully saturated rings. The Labute approximate surface area is 278 Å². The van der Waals surface area contributed by atoms with E-state index in [-0.39, 0.29) is 23.8 Å². The minimum atomic E-state index is -0.743. The van der Waals surface area contributed by atoms with Crippen LogP contribution < -0.4 is 4.74 Å². The van der Waals surface area contributed by atoms with Crippen molar-refractivity contribution in [3.8, 4) is 5.75 Å². The van der Waals surface area contributed by atoms with Crippen LogP contribution in [0.15, 0.2) is 59.0 Å². The highest BCUT2D eigenvalue weighted by Crippen LogP contribution is 2.55. The molecule has 1 aromatic heterocycles. The first-order valence-electron chi connectivity index (χ1n) is 17.5. The number of fused-ring (bicyclic) bond motifs is 1. The summed E-state index contributed by atoms with van der Waals surface area (Å²) >= 11 is 0. The Bertz CT molecular complexity index is 1660. The van der Waals surface area contributed by atoms with E-state index in [1.165, 1.54) is 23.1 Å². The number of rotatable bonds is 11. The Morgan fingerprint density at radius 1 is 1.13 bits per heavy atom. The van der Waals surface area contributed by atoms with E-state index in [2.05, 4.69) is 72.2 Å². The molecule has 3 heterocycles. The fraction of sp³-hybridized carbons (Fsp3) is 0.538. The Kier molecular flexibility index (Phi) is 9.27. The van der Waals surface area contributed by atoms with Gasteiger partial charge in [-0.1, -0.05) is 55.8 Å². The lowest BCUT2D eigenvalue weighted by Crippen LogP contribution is -2.40. The molecule has 5 atom stereocenters. The van der Waals surface area contributed by atoms with Crippen LogP contribution in [-0.4, -0.2) is 78.4 Å². The van der Waals surface area contributed by atoms with E-state index in [1.807, 2.05) is 6.07 Å². The summed E-state index contributed by atoms with van der Waals surface area (Å²) in [6, 6.07) is 12.8. The molecule has 4 aliphatic rings. The van der Waals surface area contributed by atoms with Crippen LogP contribution in [0.3, 0.4) is 0 Å². The molecule has 3 aromatic rings. The molecule has 8 heteroatoms. The second kappa shape index (κ2) is 13.6. The van der Waals surface area contributed by atoms with Gasteiger partial charge in [0.1, 0.15) is 11.3 Å². The second-order valence-electron chi connectivity index (χ2n) is 14.3. The van der Waals surface area contributed by atoms with Crippen LogP contribution in [0.25, 0.3) is 16.7 Å². The van der Waals surface area contributed by atoms with Crippen molar-refractivity contribution in [1.29, 1.82) is 0 Å². The molecule has 1 saturated carbocycles. The fourth-order valence-electron chi connectivity index (χ4n) is 8.46. The van der Waals surface area contributed by atoms with Crippen molar-refractivity contribution in [3.63, 3.8) is 0 Å². The van der Waals surface area contributed by atoms with Gasteiger partial charge in [-0.2, -0.15) is 0 Å². The number of oxazole rings is 1. The lowest BCUT2D eigenvalue weighted by Gasteiger charge is -2.38. The molecule has 0 spiro atoms. The monoisotopic (exact) mass is 639 g/mol. The number of morpholine rings is 1. The number of methoxy groups -OCH3 is 1. The van der Waals surface area contributed by atoms with Crippen molar-refractivity contribution < 1.29 is 23.8 Å². The Morgan fingerprint density at radius 3 is 2.74 bits per heavy atom. The van der Waals surface area contributed by atoms with Crippen LogP contribution in [0.2, 0.25) is 0 Å². The van der Waals surface area contributed by atoms with Gasteiger partial charge < -0.3 is 19.0 Å². The van der Waals surface area contributed by atoms with E-state index >= 15 is 0 Å². The number of carboxylic acids is 1. The average Bonchev–Trinajstić information content (AvgIpc) is 3.64. The van der Waals surface area contributed by atoms with Gasteiger partial charge in [0.15, 0.2) is 5.58 Å². The van der Waals surface area contributed by atoms with Gasteiger partial charge in [0.25, 0.3) is 0 Å². The molecular formula is C39H49N3O5. The van der Waals surface area contributed by atoms with Gasteiger partial charge in [0.05, 0.1) is 32.2 Å². The van der Waals surface area contributed by atoms with Crippen LogP contribution in [0, 0.1) is 24.7 Å². The highest BCUT2D eigenvalue weighted by atomic mass is 16.5. The topological polar surface area (TPSA) is 88.3 Å².